The van der Waals surface area contributed by atoms with Crippen molar-refractivity contribution in [2.45, 2.75) is 42.0 Å². The van der Waals surface area contributed by atoms with Gasteiger partial charge in [0.15, 0.2) is 0 Å². The van der Waals surface area contributed by atoms with E-state index in [0.29, 0.717) is 12.8 Å². The summed E-state index contributed by atoms with van der Waals surface area (Å²) in [5, 5.41) is 0. The van der Waals surface area contributed by atoms with E-state index in [1.807, 2.05) is 62.4 Å². The van der Waals surface area contributed by atoms with Crippen molar-refractivity contribution in [2.24, 2.45) is 5.73 Å². The predicted molar refractivity (Wildman–Crippen MR) is 91.7 cm³/mol. The average molecular weight is 312 g/mol. The van der Waals surface area contributed by atoms with Crippen LogP contribution < -0.4 is 10.6 Å². The Morgan fingerprint density at radius 3 is 1.91 bits per heavy atom. The third-order valence-electron chi connectivity index (χ3n) is 4.32. The summed E-state index contributed by atoms with van der Waals surface area (Å²) in [6.45, 7) is 3.94. The standard InChI is InChI=1S/C18H20N2OS/c1-3-18(19,4-2)17(21)20-13-9-5-7-11-15(13)22-16-12-8-6-10-14(16)20/h5-12H,3-4,19H2,1-2H3. The lowest BCUT2D eigenvalue weighted by atomic mass is 9.92. The highest BCUT2D eigenvalue weighted by Crippen LogP contribution is 2.48. The van der Waals surface area contributed by atoms with E-state index in [1.54, 1.807) is 16.7 Å². The van der Waals surface area contributed by atoms with Crippen LogP contribution >= 0.6 is 11.8 Å². The Morgan fingerprint density at radius 2 is 1.45 bits per heavy atom. The lowest BCUT2D eigenvalue weighted by Gasteiger charge is -2.37. The van der Waals surface area contributed by atoms with E-state index in [-0.39, 0.29) is 5.91 Å². The summed E-state index contributed by atoms with van der Waals surface area (Å²) in [4.78, 5) is 17.2. The van der Waals surface area contributed by atoms with E-state index in [1.165, 1.54) is 0 Å². The van der Waals surface area contributed by atoms with Gasteiger partial charge >= 0.3 is 0 Å². The first-order chi connectivity index (χ1) is 10.6. The summed E-state index contributed by atoms with van der Waals surface area (Å²) in [6, 6.07) is 16.0. The molecule has 0 aromatic heterocycles. The molecule has 0 saturated carbocycles. The van der Waals surface area contributed by atoms with E-state index in [2.05, 4.69) is 0 Å². The normalized spacial score (nSPS) is 13.5. The number of nitrogens with two attached hydrogens (primary N) is 1. The van der Waals surface area contributed by atoms with Crippen LogP contribution in [0.25, 0.3) is 0 Å². The summed E-state index contributed by atoms with van der Waals surface area (Å²) in [6.07, 6.45) is 1.24. The summed E-state index contributed by atoms with van der Waals surface area (Å²) in [5.74, 6) is -0.0299. The molecule has 22 heavy (non-hydrogen) atoms. The fourth-order valence-electron chi connectivity index (χ4n) is 2.70. The molecule has 1 aliphatic rings. The van der Waals surface area contributed by atoms with E-state index >= 15 is 0 Å². The molecule has 114 valence electrons. The summed E-state index contributed by atoms with van der Waals surface area (Å²) in [7, 11) is 0. The Bertz CT molecular complexity index is 664. The second-order valence-corrected chi connectivity index (χ2v) is 6.63. The van der Waals surface area contributed by atoms with Crippen LogP contribution in [0.3, 0.4) is 0 Å². The van der Waals surface area contributed by atoms with Crippen molar-refractivity contribution >= 4 is 29.0 Å². The number of amides is 1. The zero-order chi connectivity index (χ0) is 15.7. The van der Waals surface area contributed by atoms with Crippen LogP contribution in [0.2, 0.25) is 0 Å². The van der Waals surface area contributed by atoms with Gasteiger partial charge < -0.3 is 5.73 Å². The van der Waals surface area contributed by atoms with Crippen molar-refractivity contribution in [3.63, 3.8) is 0 Å². The van der Waals surface area contributed by atoms with Gasteiger partial charge in [-0.15, -0.1) is 0 Å². The van der Waals surface area contributed by atoms with Gasteiger partial charge in [0, 0.05) is 9.79 Å². The predicted octanol–water partition coefficient (Wildman–Crippen LogP) is 4.33. The largest absolute Gasteiger partial charge is 0.317 e. The number of anilines is 2. The van der Waals surface area contributed by atoms with Crippen LogP contribution in [0.4, 0.5) is 11.4 Å². The van der Waals surface area contributed by atoms with Crippen molar-refractivity contribution in [3.8, 4) is 0 Å². The van der Waals surface area contributed by atoms with Crippen molar-refractivity contribution < 1.29 is 4.79 Å². The molecule has 1 aliphatic heterocycles. The van der Waals surface area contributed by atoms with Gasteiger partial charge in [-0.2, -0.15) is 0 Å². The minimum atomic E-state index is -0.831. The molecule has 2 N–H and O–H groups in total. The third-order valence-corrected chi connectivity index (χ3v) is 5.45. The molecular weight excluding hydrogens is 292 g/mol. The molecule has 0 unspecified atom stereocenters. The highest BCUT2D eigenvalue weighted by atomic mass is 32.2. The minimum absolute atomic E-state index is 0.0299. The zero-order valence-corrected chi connectivity index (χ0v) is 13.7. The van der Waals surface area contributed by atoms with Gasteiger partial charge in [0.2, 0.25) is 0 Å². The van der Waals surface area contributed by atoms with Crippen molar-refractivity contribution in [3.05, 3.63) is 48.5 Å². The molecule has 1 amide bonds. The van der Waals surface area contributed by atoms with Gasteiger partial charge in [-0.05, 0) is 37.1 Å². The number of nitrogens with zero attached hydrogens (tertiary/aromatic N) is 1. The fourth-order valence-corrected chi connectivity index (χ4v) is 3.76. The number of carbonyl (C=O) groups excluding carboxylic acids is 1. The minimum Gasteiger partial charge on any atom is -0.317 e. The Kier molecular flexibility index (Phi) is 3.98. The molecule has 3 rings (SSSR count). The maximum atomic E-state index is 13.2. The van der Waals surface area contributed by atoms with Gasteiger partial charge in [-0.1, -0.05) is 49.9 Å². The molecule has 1 heterocycles. The first kappa shape index (κ1) is 15.1. The lowest BCUT2D eigenvalue weighted by molar-refractivity contribution is -0.123. The van der Waals surface area contributed by atoms with Crippen molar-refractivity contribution in [1.82, 2.24) is 0 Å². The topological polar surface area (TPSA) is 46.3 Å². The van der Waals surface area contributed by atoms with E-state index in [0.717, 1.165) is 21.2 Å². The first-order valence-corrected chi connectivity index (χ1v) is 8.41. The molecule has 0 atom stereocenters. The van der Waals surface area contributed by atoms with Gasteiger partial charge in [-0.3, -0.25) is 9.69 Å². The number of hydrogen-bond acceptors (Lipinski definition) is 3. The number of benzene rings is 2. The Hall–Kier alpha value is -1.78. The number of carbonyl (C=O) groups is 1. The first-order valence-electron chi connectivity index (χ1n) is 7.60. The smallest absolute Gasteiger partial charge is 0.251 e. The van der Waals surface area contributed by atoms with Crippen molar-refractivity contribution in [2.75, 3.05) is 4.90 Å². The van der Waals surface area contributed by atoms with Crippen LogP contribution in [0.5, 0.6) is 0 Å². The molecular formula is C18H20N2OS. The Labute approximate surface area is 135 Å². The molecule has 0 spiro atoms. The molecule has 2 aromatic rings. The van der Waals surface area contributed by atoms with Crippen LogP contribution in [-0.4, -0.2) is 11.4 Å². The van der Waals surface area contributed by atoms with Gasteiger partial charge in [0.25, 0.3) is 5.91 Å². The molecule has 0 aliphatic carbocycles. The summed E-state index contributed by atoms with van der Waals surface area (Å²) < 4.78 is 0. The maximum Gasteiger partial charge on any atom is 0.251 e. The quantitative estimate of drug-likeness (QED) is 0.917. The molecule has 4 heteroatoms. The summed E-state index contributed by atoms with van der Waals surface area (Å²) >= 11 is 1.69. The van der Waals surface area contributed by atoms with Crippen LogP contribution in [-0.2, 0) is 4.79 Å². The second-order valence-electron chi connectivity index (χ2n) is 5.54. The fraction of sp³-hybridized carbons (Fsp3) is 0.278. The van der Waals surface area contributed by atoms with Crippen LogP contribution in [0.15, 0.2) is 58.3 Å². The lowest BCUT2D eigenvalue weighted by Crippen LogP contribution is -2.54. The monoisotopic (exact) mass is 312 g/mol. The second kappa shape index (κ2) is 5.78. The van der Waals surface area contributed by atoms with Crippen molar-refractivity contribution in [1.29, 1.82) is 0 Å². The van der Waals surface area contributed by atoms with Crippen LogP contribution in [0.1, 0.15) is 26.7 Å². The van der Waals surface area contributed by atoms with Gasteiger partial charge in [-0.25, -0.2) is 0 Å². The third kappa shape index (κ3) is 2.32. The van der Waals surface area contributed by atoms with Crippen LogP contribution in [0, 0.1) is 0 Å². The molecule has 0 radical (unpaired) electrons. The summed E-state index contributed by atoms with van der Waals surface area (Å²) in [5.41, 5.74) is 7.40. The maximum absolute atomic E-state index is 13.2. The Balaban J connectivity index is 2.17. The highest BCUT2D eigenvalue weighted by Gasteiger charge is 2.38. The molecule has 3 nitrogen and oxygen atoms in total. The SMILES string of the molecule is CCC(N)(CC)C(=O)N1c2ccccc2Sc2ccccc21. The average Bonchev–Trinajstić information content (AvgIpc) is 2.58. The van der Waals surface area contributed by atoms with E-state index in [4.69, 9.17) is 5.73 Å². The molecule has 0 fully saturated rings. The highest BCUT2D eigenvalue weighted by molar-refractivity contribution is 7.99. The molecule has 0 saturated heterocycles. The van der Waals surface area contributed by atoms with E-state index < -0.39 is 5.54 Å². The molecule has 0 bridgehead atoms. The van der Waals surface area contributed by atoms with Gasteiger partial charge in [0.1, 0.15) is 0 Å². The number of hydrogen-bond donors (Lipinski definition) is 1. The Morgan fingerprint density at radius 1 is 1.00 bits per heavy atom. The molecule has 2 aromatic carbocycles. The zero-order valence-electron chi connectivity index (χ0n) is 12.9. The number of fused-ring (bicyclic) bond motifs is 2. The van der Waals surface area contributed by atoms with Gasteiger partial charge in [0.05, 0.1) is 16.9 Å². The van der Waals surface area contributed by atoms with E-state index in [9.17, 15) is 4.79 Å². The number of para-hydroxylation sites is 2. The number of rotatable bonds is 3.